The number of nitrogens with one attached hydrogen (secondary N) is 1. The van der Waals surface area contributed by atoms with Gasteiger partial charge in [-0.15, -0.1) is 24.8 Å². The zero-order chi connectivity index (χ0) is 16.3. The number of halogens is 8. The summed E-state index contributed by atoms with van der Waals surface area (Å²) in [6, 6.07) is 1.07. The summed E-state index contributed by atoms with van der Waals surface area (Å²) in [5.41, 5.74) is -0.376. The van der Waals surface area contributed by atoms with Gasteiger partial charge < -0.3 is 5.32 Å². The zero-order valence-electron chi connectivity index (χ0n) is 12.5. The van der Waals surface area contributed by atoms with E-state index in [1.165, 1.54) is 0 Å². The molecule has 140 valence electrons. The van der Waals surface area contributed by atoms with E-state index in [2.05, 4.69) is 5.32 Å². The van der Waals surface area contributed by atoms with E-state index < -0.39 is 36.7 Å². The van der Waals surface area contributed by atoms with E-state index in [1.54, 1.807) is 4.90 Å². The molecular weight excluding hydrogens is 398 g/mol. The Kier molecular flexibility index (Phi) is 9.83. The van der Waals surface area contributed by atoms with Crippen LogP contribution < -0.4 is 5.32 Å². The number of piperazine rings is 1. The molecule has 1 aliphatic heterocycles. The van der Waals surface area contributed by atoms with Gasteiger partial charge in [-0.3, -0.25) is 4.90 Å². The van der Waals surface area contributed by atoms with Crippen molar-refractivity contribution in [3.63, 3.8) is 0 Å². The minimum Gasteiger partial charge on any atom is -0.314 e. The Balaban J connectivity index is 0.00000264. The summed E-state index contributed by atoms with van der Waals surface area (Å²) in [7, 11) is 0. The molecule has 1 heterocycles. The second-order valence-electron chi connectivity index (χ2n) is 5.21. The van der Waals surface area contributed by atoms with Crippen LogP contribution in [0.2, 0.25) is 5.02 Å². The lowest BCUT2D eigenvalue weighted by atomic mass is 9.98. The van der Waals surface area contributed by atoms with Crippen molar-refractivity contribution >= 4 is 36.4 Å². The third kappa shape index (κ3) is 6.19. The van der Waals surface area contributed by atoms with Crippen molar-refractivity contribution in [2.75, 3.05) is 26.2 Å². The molecule has 0 amide bonds. The molecule has 0 bridgehead atoms. The monoisotopic (exact) mass is 414 g/mol. The highest BCUT2D eigenvalue weighted by Crippen LogP contribution is 2.36. The summed E-state index contributed by atoms with van der Waals surface area (Å²) in [6.07, 6.45) is -5.89. The van der Waals surface area contributed by atoms with Crippen molar-refractivity contribution < 1.29 is 22.0 Å². The van der Waals surface area contributed by atoms with Gasteiger partial charge in [0.25, 0.3) is 0 Å². The molecule has 1 fully saturated rings. The molecule has 0 saturated carbocycles. The van der Waals surface area contributed by atoms with Gasteiger partial charge in [0, 0.05) is 44.2 Å². The maximum Gasteiger partial charge on any atom is 0.389 e. The van der Waals surface area contributed by atoms with Crippen molar-refractivity contribution in [1.82, 2.24) is 10.2 Å². The Morgan fingerprint density at radius 2 is 1.71 bits per heavy atom. The summed E-state index contributed by atoms with van der Waals surface area (Å²) in [5.74, 6) is -1.85. The molecule has 2 nitrogen and oxygen atoms in total. The van der Waals surface area contributed by atoms with Gasteiger partial charge in [0.2, 0.25) is 0 Å². The minimum absolute atomic E-state index is 0. The molecule has 2 rings (SSSR count). The standard InChI is InChI=1S/C14H16ClF5N2.2ClH/c15-9-1-2-10(16)12(13(9)17)11(3-4-14(18,19)20)22-7-5-21-6-8-22;;/h1-2,11,21H,3-8H2;2*1H/t11-;;/m0../s1. The van der Waals surface area contributed by atoms with Crippen LogP contribution in [0.1, 0.15) is 24.4 Å². The largest absolute Gasteiger partial charge is 0.389 e. The number of hydrogen-bond donors (Lipinski definition) is 1. The van der Waals surface area contributed by atoms with E-state index >= 15 is 0 Å². The molecule has 24 heavy (non-hydrogen) atoms. The highest BCUT2D eigenvalue weighted by atomic mass is 35.5. The second-order valence-corrected chi connectivity index (χ2v) is 5.62. The normalized spacial score (nSPS) is 16.9. The van der Waals surface area contributed by atoms with E-state index in [0.29, 0.717) is 26.2 Å². The molecule has 0 aliphatic carbocycles. The molecule has 1 atom stereocenters. The second kappa shape index (κ2) is 9.97. The molecule has 1 N–H and O–H groups in total. The third-order valence-corrected chi connectivity index (χ3v) is 4.00. The Morgan fingerprint density at radius 3 is 2.25 bits per heavy atom. The van der Waals surface area contributed by atoms with Gasteiger partial charge in [0.1, 0.15) is 11.6 Å². The first-order valence-corrected chi connectivity index (χ1v) is 7.32. The van der Waals surface area contributed by atoms with Crippen LogP contribution >= 0.6 is 36.4 Å². The SMILES string of the molecule is Cl.Cl.Fc1ccc(Cl)c(F)c1[C@H](CCC(F)(F)F)N1CCNCC1. The smallest absolute Gasteiger partial charge is 0.314 e. The third-order valence-electron chi connectivity index (χ3n) is 3.71. The number of nitrogens with zero attached hydrogens (tertiary/aromatic N) is 1. The molecule has 0 unspecified atom stereocenters. The molecule has 1 saturated heterocycles. The fourth-order valence-corrected chi connectivity index (χ4v) is 2.82. The maximum atomic E-state index is 14.2. The van der Waals surface area contributed by atoms with Gasteiger partial charge in [-0.25, -0.2) is 8.78 Å². The summed E-state index contributed by atoms with van der Waals surface area (Å²) in [4.78, 5) is 1.67. The van der Waals surface area contributed by atoms with Crippen LogP contribution in [0.15, 0.2) is 12.1 Å². The molecule has 1 aromatic rings. The van der Waals surface area contributed by atoms with E-state index in [9.17, 15) is 22.0 Å². The Hall–Kier alpha value is -0.340. The Morgan fingerprint density at radius 1 is 1.12 bits per heavy atom. The van der Waals surface area contributed by atoms with Crippen molar-refractivity contribution in [2.45, 2.75) is 25.1 Å². The van der Waals surface area contributed by atoms with Crippen molar-refractivity contribution in [2.24, 2.45) is 0 Å². The van der Waals surface area contributed by atoms with Gasteiger partial charge in [0.15, 0.2) is 0 Å². The van der Waals surface area contributed by atoms with E-state index in [0.717, 1.165) is 12.1 Å². The van der Waals surface area contributed by atoms with Crippen molar-refractivity contribution in [3.05, 3.63) is 34.4 Å². The highest BCUT2D eigenvalue weighted by molar-refractivity contribution is 6.30. The quantitative estimate of drug-likeness (QED) is 0.564. The fourth-order valence-electron chi connectivity index (χ4n) is 2.65. The van der Waals surface area contributed by atoms with Crippen LogP contribution in [-0.2, 0) is 0 Å². The lowest BCUT2D eigenvalue weighted by Gasteiger charge is -2.35. The summed E-state index contributed by atoms with van der Waals surface area (Å²) >= 11 is 5.66. The van der Waals surface area contributed by atoms with Gasteiger partial charge >= 0.3 is 6.18 Å². The predicted octanol–water partition coefficient (Wildman–Crippen LogP) is 4.75. The fraction of sp³-hybridized carbons (Fsp3) is 0.571. The molecule has 1 aliphatic rings. The number of hydrogen-bond acceptors (Lipinski definition) is 2. The van der Waals surface area contributed by atoms with E-state index in [1.807, 2.05) is 0 Å². The Bertz CT molecular complexity index is 522. The van der Waals surface area contributed by atoms with Crippen LogP contribution in [-0.4, -0.2) is 37.3 Å². The summed E-state index contributed by atoms with van der Waals surface area (Å²) in [5, 5.41) is 2.77. The van der Waals surface area contributed by atoms with Gasteiger partial charge in [-0.1, -0.05) is 11.6 Å². The van der Waals surface area contributed by atoms with Gasteiger partial charge in [-0.05, 0) is 18.6 Å². The number of alkyl halides is 3. The maximum absolute atomic E-state index is 14.2. The first kappa shape index (κ1) is 23.7. The molecular formula is C14H18Cl3F5N2. The van der Waals surface area contributed by atoms with Crippen molar-refractivity contribution in [3.8, 4) is 0 Å². The predicted molar refractivity (Wildman–Crippen MR) is 88.3 cm³/mol. The van der Waals surface area contributed by atoms with Crippen molar-refractivity contribution in [1.29, 1.82) is 0 Å². The zero-order valence-corrected chi connectivity index (χ0v) is 14.9. The highest BCUT2D eigenvalue weighted by Gasteiger charge is 2.34. The van der Waals surface area contributed by atoms with E-state index in [-0.39, 0.29) is 35.4 Å². The average Bonchev–Trinajstić information content (AvgIpc) is 2.46. The van der Waals surface area contributed by atoms with Crippen LogP contribution in [0.4, 0.5) is 22.0 Å². The van der Waals surface area contributed by atoms with Crippen LogP contribution in [0, 0.1) is 11.6 Å². The number of benzene rings is 1. The molecule has 10 heteroatoms. The average molecular weight is 416 g/mol. The lowest BCUT2D eigenvalue weighted by Crippen LogP contribution is -2.45. The number of rotatable bonds is 4. The lowest BCUT2D eigenvalue weighted by molar-refractivity contribution is -0.138. The Labute approximate surface area is 154 Å². The molecule has 0 radical (unpaired) electrons. The summed E-state index contributed by atoms with van der Waals surface area (Å²) in [6.45, 7) is 1.97. The van der Waals surface area contributed by atoms with Crippen LogP contribution in [0.25, 0.3) is 0 Å². The minimum atomic E-state index is -4.38. The molecule has 1 aromatic carbocycles. The van der Waals surface area contributed by atoms with Gasteiger partial charge in [0.05, 0.1) is 5.02 Å². The molecule has 0 aromatic heterocycles. The first-order chi connectivity index (χ1) is 10.3. The van der Waals surface area contributed by atoms with Gasteiger partial charge in [-0.2, -0.15) is 13.2 Å². The molecule has 0 spiro atoms. The van der Waals surface area contributed by atoms with Crippen LogP contribution in [0.3, 0.4) is 0 Å². The van der Waals surface area contributed by atoms with E-state index in [4.69, 9.17) is 11.6 Å². The topological polar surface area (TPSA) is 15.3 Å². The summed E-state index contributed by atoms with van der Waals surface area (Å²) < 4.78 is 65.8. The van der Waals surface area contributed by atoms with Crippen LogP contribution in [0.5, 0.6) is 0 Å². The first-order valence-electron chi connectivity index (χ1n) is 6.94.